The predicted octanol–water partition coefficient (Wildman–Crippen LogP) is 2.03. The van der Waals surface area contributed by atoms with Gasteiger partial charge in [-0.3, -0.25) is 4.79 Å². The molecule has 2 saturated heterocycles. The predicted molar refractivity (Wildman–Crippen MR) is 78.7 cm³/mol. The Morgan fingerprint density at radius 1 is 1.29 bits per heavy atom. The molecule has 5 nitrogen and oxygen atoms in total. The highest BCUT2D eigenvalue weighted by Crippen LogP contribution is 2.35. The summed E-state index contributed by atoms with van der Waals surface area (Å²) in [4.78, 5) is 13.5. The second kappa shape index (κ2) is 5.55. The third-order valence-electron chi connectivity index (χ3n) is 3.96. The van der Waals surface area contributed by atoms with E-state index in [-0.39, 0.29) is 5.56 Å². The average Bonchev–Trinajstić information content (AvgIpc) is 2.86. The van der Waals surface area contributed by atoms with Gasteiger partial charge in [-0.1, -0.05) is 15.9 Å². The lowest BCUT2D eigenvalue weighted by atomic mass is 10.0. The Morgan fingerprint density at radius 3 is 2.48 bits per heavy atom. The minimum Gasteiger partial charge on any atom is -0.370 e. The molecule has 0 atom stereocenters. The van der Waals surface area contributed by atoms with Crippen LogP contribution in [0.15, 0.2) is 16.6 Å². The smallest absolute Gasteiger partial charge is 0.253 e. The second-order valence-electron chi connectivity index (χ2n) is 5.24. The van der Waals surface area contributed by atoms with Gasteiger partial charge in [0.1, 0.15) is 5.82 Å². The van der Waals surface area contributed by atoms with E-state index in [4.69, 9.17) is 15.2 Å². The average molecular weight is 359 g/mol. The summed E-state index contributed by atoms with van der Waals surface area (Å²) in [5, 5.41) is 0. The summed E-state index contributed by atoms with van der Waals surface area (Å²) in [5.41, 5.74) is 5.77. The number of carbonyl (C=O) groups is 1. The first-order chi connectivity index (χ1) is 10.0. The molecule has 2 aliphatic rings. The summed E-state index contributed by atoms with van der Waals surface area (Å²) in [6.07, 6.45) is 1.36. The van der Waals surface area contributed by atoms with Crippen LogP contribution in [0.5, 0.6) is 0 Å². The molecule has 0 bridgehead atoms. The fourth-order valence-corrected chi connectivity index (χ4v) is 3.35. The van der Waals surface area contributed by atoms with Gasteiger partial charge in [0.2, 0.25) is 0 Å². The fourth-order valence-electron chi connectivity index (χ4n) is 2.93. The molecule has 114 valence electrons. The van der Waals surface area contributed by atoms with Crippen LogP contribution in [-0.2, 0) is 9.47 Å². The highest BCUT2D eigenvalue weighted by atomic mass is 79.9. The maximum atomic E-state index is 14.0. The van der Waals surface area contributed by atoms with Gasteiger partial charge in [0.15, 0.2) is 5.79 Å². The van der Waals surface area contributed by atoms with Crippen LogP contribution in [0, 0.1) is 5.82 Å². The molecule has 0 radical (unpaired) electrons. The van der Waals surface area contributed by atoms with Crippen molar-refractivity contribution in [2.75, 3.05) is 31.2 Å². The monoisotopic (exact) mass is 358 g/mol. The number of nitrogens with zero attached hydrogens (tertiary/aromatic N) is 1. The van der Waals surface area contributed by atoms with E-state index in [0.29, 0.717) is 49.3 Å². The van der Waals surface area contributed by atoms with Crippen LogP contribution in [-0.4, -0.2) is 38.0 Å². The van der Waals surface area contributed by atoms with Crippen LogP contribution in [0.2, 0.25) is 0 Å². The quantitative estimate of drug-likeness (QED) is 0.878. The number of halogens is 2. The number of hydrogen-bond donors (Lipinski definition) is 1. The van der Waals surface area contributed by atoms with Crippen LogP contribution in [0.3, 0.4) is 0 Å². The van der Waals surface area contributed by atoms with E-state index in [2.05, 4.69) is 15.9 Å². The number of benzene rings is 1. The van der Waals surface area contributed by atoms with Crippen molar-refractivity contribution < 1.29 is 18.7 Å². The maximum Gasteiger partial charge on any atom is 0.253 e. The number of rotatable bonds is 2. The molecule has 2 aliphatic heterocycles. The van der Waals surface area contributed by atoms with E-state index in [1.807, 2.05) is 4.90 Å². The summed E-state index contributed by atoms with van der Waals surface area (Å²) in [5.74, 6) is -1.88. The molecule has 0 aromatic heterocycles. The molecule has 0 aliphatic carbocycles. The van der Waals surface area contributed by atoms with Gasteiger partial charge >= 0.3 is 0 Å². The largest absolute Gasteiger partial charge is 0.370 e. The minimum atomic E-state index is -0.761. The molecule has 3 rings (SSSR count). The lowest BCUT2D eigenvalue weighted by Crippen LogP contribution is -2.45. The molecule has 0 unspecified atom stereocenters. The first-order valence-corrected chi connectivity index (χ1v) is 7.62. The molecule has 0 saturated carbocycles. The summed E-state index contributed by atoms with van der Waals surface area (Å²) < 4.78 is 25.9. The Morgan fingerprint density at radius 2 is 1.90 bits per heavy atom. The lowest BCUT2D eigenvalue weighted by Gasteiger charge is -2.39. The molecule has 21 heavy (non-hydrogen) atoms. The van der Waals surface area contributed by atoms with Crippen LogP contribution in [0.1, 0.15) is 23.2 Å². The zero-order valence-electron chi connectivity index (χ0n) is 11.4. The van der Waals surface area contributed by atoms with Crippen LogP contribution >= 0.6 is 15.9 Å². The Labute approximate surface area is 130 Å². The molecule has 2 N–H and O–H groups in total. The normalized spacial score (nSPS) is 21.0. The Bertz CT molecular complexity index is 566. The van der Waals surface area contributed by atoms with Crippen LogP contribution in [0.25, 0.3) is 0 Å². The van der Waals surface area contributed by atoms with E-state index < -0.39 is 17.5 Å². The van der Waals surface area contributed by atoms with E-state index in [1.165, 1.54) is 6.07 Å². The minimum absolute atomic E-state index is 0.0672. The molecule has 1 aromatic carbocycles. The van der Waals surface area contributed by atoms with Crippen molar-refractivity contribution in [3.8, 4) is 0 Å². The highest BCUT2D eigenvalue weighted by molar-refractivity contribution is 9.10. The van der Waals surface area contributed by atoms with Gasteiger partial charge in [-0.25, -0.2) is 4.39 Å². The summed E-state index contributed by atoms with van der Waals surface area (Å²) in [6, 6.07) is 2.97. The molecule has 1 amide bonds. The summed E-state index contributed by atoms with van der Waals surface area (Å²) in [7, 11) is 0. The zero-order chi connectivity index (χ0) is 15.0. The number of anilines is 1. The summed E-state index contributed by atoms with van der Waals surface area (Å²) in [6.45, 7) is 2.46. The lowest BCUT2D eigenvalue weighted by molar-refractivity contribution is -0.169. The van der Waals surface area contributed by atoms with Crippen molar-refractivity contribution in [1.82, 2.24) is 0 Å². The van der Waals surface area contributed by atoms with E-state index in [9.17, 15) is 9.18 Å². The van der Waals surface area contributed by atoms with Gasteiger partial charge in [0.05, 0.1) is 24.5 Å². The number of ether oxygens (including phenoxy) is 2. The van der Waals surface area contributed by atoms with Gasteiger partial charge < -0.3 is 20.1 Å². The summed E-state index contributed by atoms with van der Waals surface area (Å²) >= 11 is 3.25. The maximum absolute atomic E-state index is 14.0. The van der Waals surface area contributed by atoms with Gasteiger partial charge in [-0.2, -0.15) is 0 Å². The molecule has 7 heteroatoms. The third-order valence-corrected chi connectivity index (χ3v) is 4.42. The first-order valence-electron chi connectivity index (χ1n) is 6.82. The van der Waals surface area contributed by atoms with Crippen molar-refractivity contribution in [2.24, 2.45) is 5.73 Å². The van der Waals surface area contributed by atoms with E-state index in [0.717, 1.165) is 0 Å². The molecule has 1 aromatic rings. The van der Waals surface area contributed by atoms with Crippen molar-refractivity contribution >= 4 is 27.5 Å². The molecular formula is C14H16BrFN2O3. The first kappa shape index (κ1) is 14.7. The molecule has 2 heterocycles. The topological polar surface area (TPSA) is 64.8 Å². The van der Waals surface area contributed by atoms with Crippen LogP contribution < -0.4 is 10.6 Å². The van der Waals surface area contributed by atoms with E-state index >= 15 is 0 Å². The standard InChI is InChI=1S/C14H16BrFN2O3/c15-9-7-10(16)12(13(17)19)11(8-9)18-3-1-14(2-4-18)20-5-6-21-14/h7-8H,1-6H2,(H2,17,19). The number of nitrogens with two attached hydrogens (primary N) is 1. The van der Waals surface area contributed by atoms with Gasteiger partial charge in [0.25, 0.3) is 5.91 Å². The Hall–Kier alpha value is -1.18. The van der Waals surface area contributed by atoms with Crippen molar-refractivity contribution in [3.63, 3.8) is 0 Å². The van der Waals surface area contributed by atoms with Crippen LogP contribution in [0.4, 0.5) is 10.1 Å². The molecule has 1 spiro atoms. The van der Waals surface area contributed by atoms with Gasteiger partial charge in [-0.05, 0) is 12.1 Å². The van der Waals surface area contributed by atoms with Crippen molar-refractivity contribution in [3.05, 3.63) is 28.0 Å². The Balaban J connectivity index is 1.86. The van der Waals surface area contributed by atoms with E-state index in [1.54, 1.807) is 6.07 Å². The highest BCUT2D eigenvalue weighted by Gasteiger charge is 2.40. The number of carbonyl (C=O) groups excluding carboxylic acids is 1. The number of piperidine rings is 1. The zero-order valence-corrected chi connectivity index (χ0v) is 13.0. The Kier molecular flexibility index (Phi) is 3.90. The SMILES string of the molecule is NC(=O)c1c(F)cc(Br)cc1N1CCC2(CC1)OCCO2. The van der Waals surface area contributed by atoms with Crippen molar-refractivity contribution in [1.29, 1.82) is 0 Å². The third kappa shape index (κ3) is 2.77. The number of primary amides is 1. The second-order valence-corrected chi connectivity index (χ2v) is 6.16. The number of amides is 1. The molecule has 2 fully saturated rings. The van der Waals surface area contributed by atoms with Gasteiger partial charge in [-0.15, -0.1) is 0 Å². The fraction of sp³-hybridized carbons (Fsp3) is 0.500. The molecular weight excluding hydrogens is 343 g/mol. The van der Waals surface area contributed by atoms with Gasteiger partial charge in [0, 0.05) is 30.4 Å². The number of hydrogen-bond acceptors (Lipinski definition) is 4. The van der Waals surface area contributed by atoms with Crippen molar-refractivity contribution in [2.45, 2.75) is 18.6 Å².